The van der Waals surface area contributed by atoms with Gasteiger partial charge in [0.1, 0.15) is 11.6 Å². The van der Waals surface area contributed by atoms with Crippen LogP contribution in [0.2, 0.25) is 0 Å². The summed E-state index contributed by atoms with van der Waals surface area (Å²) < 4.78 is 6.06. The van der Waals surface area contributed by atoms with Gasteiger partial charge in [0.05, 0.1) is 24.0 Å². The van der Waals surface area contributed by atoms with Gasteiger partial charge in [0.15, 0.2) is 5.78 Å². The molecule has 38 heavy (non-hydrogen) atoms. The standard InChI is InChI=1S/C34H46O4/c1-8-22(2)17-18-30(35)32-29(21-38-34(32,6)7)33(37)25(5)27(19-26-14-10-9-11-15-26)20-31(36)28-16-12-13-23(3)24(28)4/h9-16,22,25,27,29,32H,8,17-21H2,1-7H3. The molecule has 2 aromatic carbocycles. The zero-order valence-electron chi connectivity index (χ0n) is 24.4. The molecule has 3 rings (SSSR count). The molecule has 4 nitrogen and oxygen atoms in total. The lowest BCUT2D eigenvalue weighted by Crippen LogP contribution is -2.41. The molecule has 0 aliphatic carbocycles. The van der Waals surface area contributed by atoms with Crippen LogP contribution in [-0.4, -0.2) is 29.6 Å². The summed E-state index contributed by atoms with van der Waals surface area (Å²) in [6.07, 6.45) is 3.26. The van der Waals surface area contributed by atoms with Gasteiger partial charge in [-0.05, 0) is 69.1 Å². The van der Waals surface area contributed by atoms with Crippen LogP contribution in [0.5, 0.6) is 0 Å². The number of aryl methyl sites for hydroxylation is 1. The first-order valence-corrected chi connectivity index (χ1v) is 14.3. The second kappa shape index (κ2) is 13.0. The molecule has 1 heterocycles. The summed E-state index contributed by atoms with van der Waals surface area (Å²) in [5.74, 6) is -0.753. The molecule has 0 radical (unpaired) electrons. The lowest BCUT2D eigenvalue weighted by atomic mass is 9.71. The molecule has 1 aliphatic heterocycles. The Morgan fingerprint density at radius 1 is 1.00 bits per heavy atom. The van der Waals surface area contributed by atoms with Crippen LogP contribution in [0.15, 0.2) is 48.5 Å². The van der Waals surface area contributed by atoms with E-state index in [4.69, 9.17) is 4.74 Å². The molecular formula is C34H46O4. The Labute approximate surface area is 229 Å². The van der Waals surface area contributed by atoms with Crippen molar-refractivity contribution >= 4 is 17.3 Å². The molecule has 1 aliphatic rings. The second-order valence-corrected chi connectivity index (χ2v) is 12.0. The molecule has 0 amide bonds. The smallest absolute Gasteiger partial charge is 0.163 e. The van der Waals surface area contributed by atoms with Crippen LogP contribution in [0.1, 0.15) is 87.4 Å². The minimum Gasteiger partial charge on any atom is -0.374 e. The fourth-order valence-electron chi connectivity index (χ4n) is 5.90. The Balaban J connectivity index is 1.86. The molecule has 0 bridgehead atoms. The predicted octanol–water partition coefficient (Wildman–Crippen LogP) is 7.38. The van der Waals surface area contributed by atoms with Gasteiger partial charge in [0.2, 0.25) is 0 Å². The Bertz CT molecular complexity index is 1120. The Kier molecular flexibility index (Phi) is 10.2. The maximum absolute atomic E-state index is 14.1. The summed E-state index contributed by atoms with van der Waals surface area (Å²) in [5, 5.41) is 0. The molecular weight excluding hydrogens is 472 g/mol. The van der Waals surface area contributed by atoms with Gasteiger partial charge in [0, 0.05) is 24.3 Å². The van der Waals surface area contributed by atoms with Gasteiger partial charge in [0.25, 0.3) is 0 Å². The molecule has 0 saturated carbocycles. The molecule has 4 heteroatoms. The maximum Gasteiger partial charge on any atom is 0.163 e. The quantitative estimate of drug-likeness (QED) is 0.260. The normalized spacial score (nSPS) is 21.0. The van der Waals surface area contributed by atoms with E-state index in [1.165, 1.54) is 0 Å². The highest BCUT2D eigenvalue weighted by Crippen LogP contribution is 2.41. The lowest BCUT2D eigenvalue weighted by molar-refractivity contribution is -0.135. The van der Waals surface area contributed by atoms with Gasteiger partial charge < -0.3 is 4.74 Å². The Morgan fingerprint density at radius 2 is 1.68 bits per heavy atom. The van der Waals surface area contributed by atoms with E-state index in [9.17, 15) is 14.4 Å². The van der Waals surface area contributed by atoms with Crippen LogP contribution >= 0.6 is 0 Å². The summed E-state index contributed by atoms with van der Waals surface area (Å²) in [5.41, 5.74) is 3.24. The number of Topliss-reactive ketones (excluding diaryl/α,β-unsaturated/α-hetero) is 3. The lowest BCUT2D eigenvalue weighted by Gasteiger charge is -2.30. The zero-order chi connectivity index (χ0) is 28.0. The van der Waals surface area contributed by atoms with Crippen molar-refractivity contribution in [2.24, 2.45) is 29.6 Å². The minimum absolute atomic E-state index is 0.0483. The van der Waals surface area contributed by atoms with Gasteiger partial charge in [-0.2, -0.15) is 0 Å². The molecule has 5 unspecified atom stereocenters. The van der Waals surface area contributed by atoms with E-state index < -0.39 is 17.4 Å². The van der Waals surface area contributed by atoms with E-state index >= 15 is 0 Å². The van der Waals surface area contributed by atoms with Crippen LogP contribution in [-0.2, 0) is 20.7 Å². The number of hydrogen-bond acceptors (Lipinski definition) is 4. The molecule has 0 N–H and O–H groups in total. The van der Waals surface area contributed by atoms with Gasteiger partial charge in [-0.1, -0.05) is 75.7 Å². The average molecular weight is 519 g/mol. The van der Waals surface area contributed by atoms with Crippen molar-refractivity contribution in [3.8, 4) is 0 Å². The fraction of sp³-hybridized carbons (Fsp3) is 0.559. The van der Waals surface area contributed by atoms with Crippen molar-refractivity contribution in [2.45, 2.75) is 86.2 Å². The van der Waals surface area contributed by atoms with Crippen molar-refractivity contribution < 1.29 is 19.1 Å². The van der Waals surface area contributed by atoms with Crippen molar-refractivity contribution in [2.75, 3.05) is 6.61 Å². The molecule has 5 atom stereocenters. The summed E-state index contributed by atoms with van der Waals surface area (Å²) in [7, 11) is 0. The molecule has 2 aromatic rings. The maximum atomic E-state index is 14.1. The van der Waals surface area contributed by atoms with E-state index in [-0.39, 0.29) is 42.2 Å². The number of carbonyl (C=O) groups excluding carboxylic acids is 3. The molecule has 0 aromatic heterocycles. The van der Waals surface area contributed by atoms with Crippen LogP contribution < -0.4 is 0 Å². The van der Waals surface area contributed by atoms with E-state index in [1.807, 2.05) is 71.0 Å². The van der Waals surface area contributed by atoms with Gasteiger partial charge in [-0.15, -0.1) is 0 Å². The van der Waals surface area contributed by atoms with Crippen molar-refractivity contribution in [1.29, 1.82) is 0 Å². The van der Waals surface area contributed by atoms with Crippen LogP contribution in [0.4, 0.5) is 0 Å². The highest BCUT2D eigenvalue weighted by molar-refractivity contribution is 5.98. The molecule has 206 valence electrons. The first kappa shape index (κ1) is 30.0. The highest BCUT2D eigenvalue weighted by Gasteiger charge is 2.51. The Hall–Kier alpha value is -2.59. The van der Waals surface area contributed by atoms with Crippen LogP contribution in [0.3, 0.4) is 0 Å². The second-order valence-electron chi connectivity index (χ2n) is 12.0. The number of hydrogen-bond donors (Lipinski definition) is 0. The Morgan fingerprint density at radius 3 is 2.34 bits per heavy atom. The average Bonchev–Trinajstić information content (AvgIpc) is 3.22. The topological polar surface area (TPSA) is 60.4 Å². The van der Waals surface area contributed by atoms with E-state index in [2.05, 4.69) is 26.0 Å². The summed E-state index contributed by atoms with van der Waals surface area (Å²) in [4.78, 5) is 41.0. The fourth-order valence-corrected chi connectivity index (χ4v) is 5.90. The van der Waals surface area contributed by atoms with E-state index in [0.29, 0.717) is 18.8 Å². The van der Waals surface area contributed by atoms with Crippen molar-refractivity contribution in [3.63, 3.8) is 0 Å². The van der Waals surface area contributed by atoms with Gasteiger partial charge >= 0.3 is 0 Å². The number of carbonyl (C=O) groups is 3. The third-order valence-electron chi connectivity index (χ3n) is 8.93. The third kappa shape index (κ3) is 7.08. The third-order valence-corrected chi connectivity index (χ3v) is 8.93. The minimum atomic E-state index is -0.671. The van der Waals surface area contributed by atoms with Crippen LogP contribution in [0.25, 0.3) is 0 Å². The first-order valence-electron chi connectivity index (χ1n) is 14.3. The van der Waals surface area contributed by atoms with Crippen LogP contribution in [0, 0.1) is 43.4 Å². The van der Waals surface area contributed by atoms with E-state index in [1.54, 1.807) is 0 Å². The summed E-state index contributed by atoms with van der Waals surface area (Å²) >= 11 is 0. The monoisotopic (exact) mass is 518 g/mol. The van der Waals surface area contributed by atoms with Crippen molar-refractivity contribution in [3.05, 3.63) is 70.8 Å². The number of benzene rings is 2. The number of ether oxygens (including phenoxy) is 1. The van der Waals surface area contributed by atoms with Gasteiger partial charge in [-0.3, -0.25) is 14.4 Å². The predicted molar refractivity (Wildman–Crippen MR) is 153 cm³/mol. The van der Waals surface area contributed by atoms with E-state index in [0.717, 1.165) is 35.1 Å². The first-order chi connectivity index (χ1) is 18.0. The molecule has 1 saturated heterocycles. The largest absolute Gasteiger partial charge is 0.374 e. The summed E-state index contributed by atoms with van der Waals surface area (Å²) in [6.45, 7) is 14.4. The number of ketones is 3. The zero-order valence-corrected chi connectivity index (χ0v) is 24.4. The van der Waals surface area contributed by atoms with Crippen molar-refractivity contribution in [1.82, 2.24) is 0 Å². The molecule has 0 spiro atoms. The SMILES string of the molecule is CCC(C)CCC(=O)C1C(C(=O)C(C)C(CC(=O)c2cccc(C)c2C)Cc2ccccc2)COC1(C)C. The highest BCUT2D eigenvalue weighted by atomic mass is 16.5. The number of rotatable bonds is 13. The molecule has 1 fully saturated rings. The summed E-state index contributed by atoms with van der Waals surface area (Å²) in [6, 6.07) is 15.9. The van der Waals surface area contributed by atoms with Gasteiger partial charge in [-0.25, -0.2) is 0 Å².